The number of sulfone groups is 1. The number of rotatable bonds is 8. The van der Waals surface area contributed by atoms with Gasteiger partial charge in [0.25, 0.3) is 0 Å². The van der Waals surface area contributed by atoms with Crippen molar-refractivity contribution in [2.75, 3.05) is 19.8 Å². The van der Waals surface area contributed by atoms with Gasteiger partial charge in [-0.05, 0) is 48.7 Å². The molecule has 0 bridgehead atoms. The molecule has 3 rings (SSSR count). The Balaban J connectivity index is 2.02. The van der Waals surface area contributed by atoms with Crippen LogP contribution in [0, 0.1) is 5.41 Å². The highest BCUT2D eigenvalue weighted by atomic mass is 35.5. The number of halogens is 1. The van der Waals surface area contributed by atoms with Crippen LogP contribution in [0.4, 0.5) is 0 Å². The Hall–Kier alpha value is -1.40. The molecule has 2 N–H and O–H groups in total. The summed E-state index contributed by atoms with van der Waals surface area (Å²) in [4.78, 5) is 0.277. The lowest BCUT2D eigenvalue weighted by Crippen LogP contribution is -2.29. The molecule has 0 aliphatic heterocycles. The van der Waals surface area contributed by atoms with Gasteiger partial charge in [-0.25, -0.2) is 8.42 Å². The van der Waals surface area contributed by atoms with Gasteiger partial charge >= 0.3 is 0 Å². The van der Waals surface area contributed by atoms with E-state index in [0.29, 0.717) is 18.2 Å². The zero-order chi connectivity index (χ0) is 19.7. The van der Waals surface area contributed by atoms with Crippen molar-refractivity contribution in [2.24, 2.45) is 11.1 Å². The Bertz CT molecular complexity index is 881. The summed E-state index contributed by atoms with van der Waals surface area (Å²) in [6.07, 6.45) is 0.943. The van der Waals surface area contributed by atoms with E-state index in [0.717, 1.165) is 12.0 Å². The largest absolute Gasteiger partial charge is 0.381 e. The van der Waals surface area contributed by atoms with Crippen LogP contribution in [0.15, 0.2) is 53.4 Å². The summed E-state index contributed by atoms with van der Waals surface area (Å²) in [6, 6.07) is 14.5. The summed E-state index contributed by atoms with van der Waals surface area (Å²) in [6.45, 7) is 5.11. The van der Waals surface area contributed by atoms with Gasteiger partial charge in [0, 0.05) is 29.5 Å². The normalized spacial score (nSPS) is 24.7. The molecule has 2 aromatic rings. The lowest BCUT2D eigenvalue weighted by atomic mass is 9.99. The highest BCUT2D eigenvalue weighted by Crippen LogP contribution is 2.63. The summed E-state index contributed by atoms with van der Waals surface area (Å²) < 4.78 is 32.5. The first-order chi connectivity index (χ1) is 12.9. The van der Waals surface area contributed by atoms with E-state index in [1.165, 1.54) is 5.56 Å². The van der Waals surface area contributed by atoms with Crippen molar-refractivity contribution in [3.05, 3.63) is 64.7 Å². The number of hydrogen-bond acceptors (Lipinski definition) is 4. The van der Waals surface area contributed by atoms with Crippen LogP contribution in [0.1, 0.15) is 30.9 Å². The summed E-state index contributed by atoms with van der Waals surface area (Å²) >= 11 is 5.93. The van der Waals surface area contributed by atoms with E-state index >= 15 is 0 Å². The minimum Gasteiger partial charge on any atom is -0.381 e. The zero-order valence-electron chi connectivity index (χ0n) is 15.7. The van der Waals surface area contributed by atoms with Crippen LogP contribution >= 0.6 is 11.6 Å². The molecule has 146 valence electrons. The Morgan fingerprint density at radius 2 is 1.70 bits per heavy atom. The molecule has 0 spiro atoms. The van der Waals surface area contributed by atoms with Crippen LogP contribution in [0.2, 0.25) is 5.02 Å². The lowest BCUT2D eigenvalue weighted by molar-refractivity contribution is 0.101. The fourth-order valence-corrected chi connectivity index (χ4v) is 6.52. The minimum absolute atomic E-state index is 0.180. The molecular formula is C21H26ClNO3S. The van der Waals surface area contributed by atoms with E-state index in [1.807, 2.05) is 19.1 Å². The first-order valence-electron chi connectivity index (χ1n) is 9.26. The van der Waals surface area contributed by atoms with Crippen molar-refractivity contribution in [3.63, 3.8) is 0 Å². The first kappa shape index (κ1) is 20.3. The van der Waals surface area contributed by atoms with Gasteiger partial charge in [-0.1, -0.05) is 42.8 Å². The van der Waals surface area contributed by atoms with Gasteiger partial charge in [-0.15, -0.1) is 0 Å². The number of hydrogen-bond donors (Lipinski definition) is 1. The van der Waals surface area contributed by atoms with Gasteiger partial charge in [-0.3, -0.25) is 0 Å². The predicted molar refractivity (Wildman–Crippen MR) is 109 cm³/mol. The van der Waals surface area contributed by atoms with E-state index in [1.54, 1.807) is 24.3 Å². The highest BCUT2D eigenvalue weighted by Gasteiger charge is 2.70. The van der Waals surface area contributed by atoms with E-state index in [-0.39, 0.29) is 17.4 Å². The molecule has 0 unspecified atom stereocenters. The Morgan fingerprint density at radius 1 is 1.07 bits per heavy atom. The maximum Gasteiger partial charge on any atom is 0.182 e. The standard InChI is InChI=1S/C21H26ClNO3S/c1-3-15-5-7-16(8-6-15)19-20(21(19,13-23)14-26-4-2)27(24,25)18-11-9-17(22)10-12-18/h5-12,19-20H,3-4,13-14,23H2,1-2H3/t19-,20-,21+/m0/s1. The van der Waals surface area contributed by atoms with Gasteiger partial charge < -0.3 is 10.5 Å². The van der Waals surface area contributed by atoms with E-state index in [9.17, 15) is 8.42 Å². The third kappa shape index (κ3) is 3.66. The second-order valence-electron chi connectivity index (χ2n) is 7.07. The number of aryl methyl sites for hydroxylation is 1. The van der Waals surface area contributed by atoms with Crippen molar-refractivity contribution < 1.29 is 13.2 Å². The Kier molecular flexibility index (Phi) is 5.96. The zero-order valence-corrected chi connectivity index (χ0v) is 17.3. The Morgan fingerprint density at radius 3 is 2.22 bits per heavy atom. The molecule has 1 fully saturated rings. The lowest BCUT2D eigenvalue weighted by Gasteiger charge is -2.16. The van der Waals surface area contributed by atoms with Crippen molar-refractivity contribution in [1.82, 2.24) is 0 Å². The molecule has 2 aromatic carbocycles. The fourth-order valence-electron chi connectivity index (χ4n) is 3.95. The van der Waals surface area contributed by atoms with Crippen molar-refractivity contribution >= 4 is 21.4 Å². The predicted octanol–water partition coefficient (Wildman–Crippen LogP) is 3.82. The van der Waals surface area contributed by atoms with E-state index in [2.05, 4.69) is 19.1 Å². The van der Waals surface area contributed by atoms with Crippen LogP contribution in [0.25, 0.3) is 0 Å². The minimum atomic E-state index is -3.56. The molecule has 4 nitrogen and oxygen atoms in total. The molecule has 0 aromatic heterocycles. The topological polar surface area (TPSA) is 69.4 Å². The molecular weight excluding hydrogens is 382 g/mol. The first-order valence-corrected chi connectivity index (χ1v) is 11.2. The maximum atomic E-state index is 13.4. The van der Waals surface area contributed by atoms with Crippen molar-refractivity contribution in [2.45, 2.75) is 36.3 Å². The van der Waals surface area contributed by atoms with Crippen LogP contribution in [0.3, 0.4) is 0 Å². The third-order valence-electron chi connectivity index (χ3n) is 5.56. The van der Waals surface area contributed by atoms with Crippen molar-refractivity contribution in [3.8, 4) is 0 Å². The van der Waals surface area contributed by atoms with Crippen LogP contribution in [-0.4, -0.2) is 33.4 Å². The number of benzene rings is 2. The monoisotopic (exact) mass is 407 g/mol. The van der Waals surface area contributed by atoms with Crippen LogP contribution in [0.5, 0.6) is 0 Å². The summed E-state index contributed by atoms with van der Waals surface area (Å²) in [5.74, 6) is -0.180. The average Bonchev–Trinajstić information content (AvgIpc) is 3.37. The molecule has 0 amide bonds. The van der Waals surface area contributed by atoms with Gasteiger partial charge in [0.05, 0.1) is 16.8 Å². The third-order valence-corrected chi connectivity index (χ3v) is 8.15. The molecule has 6 heteroatoms. The molecule has 1 saturated carbocycles. The van der Waals surface area contributed by atoms with Crippen LogP contribution < -0.4 is 5.73 Å². The smallest absolute Gasteiger partial charge is 0.182 e. The van der Waals surface area contributed by atoms with Gasteiger partial charge in [-0.2, -0.15) is 0 Å². The van der Waals surface area contributed by atoms with Crippen LogP contribution in [-0.2, 0) is 21.0 Å². The second kappa shape index (κ2) is 7.92. The maximum absolute atomic E-state index is 13.4. The van der Waals surface area contributed by atoms with Gasteiger partial charge in [0.15, 0.2) is 9.84 Å². The summed E-state index contributed by atoms with van der Waals surface area (Å²) in [5, 5.41) is -0.0916. The van der Waals surface area contributed by atoms with Gasteiger partial charge in [0.2, 0.25) is 0 Å². The molecule has 27 heavy (non-hydrogen) atoms. The summed E-state index contributed by atoms with van der Waals surface area (Å²) in [5.41, 5.74) is 7.73. The molecule has 1 aliphatic carbocycles. The second-order valence-corrected chi connectivity index (χ2v) is 9.57. The van der Waals surface area contributed by atoms with Gasteiger partial charge in [0.1, 0.15) is 0 Å². The number of nitrogens with two attached hydrogens (primary N) is 1. The summed E-state index contributed by atoms with van der Waals surface area (Å²) in [7, 11) is -3.56. The van der Waals surface area contributed by atoms with E-state index in [4.69, 9.17) is 22.1 Å². The highest BCUT2D eigenvalue weighted by molar-refractivity contribution is 7.92. The van der Waals surface area contributed by atoms with Crippen molar-refractivity contribution in [1.29, 1.82) is 0 Å². The van der Waals surface area contributed by atoms with E-state index < -0.39 is 20.5 Å². The molecule has 0 saturated heterocycles. The SMILES string of the molecule is CCOC[C@]1(CN)[C@@H](c2ccc(CC)cc2)[C@@H]1S(=O)(=O)c1ccc(Cl)cc1. The molecule has 1 aliphatic rings. The molecule has 3 atom stereocenters. The number of ether oxygens (including phenoxy) is 1. The molecule has 0 heterocycles. The quantitative estimate of drug-likeness (QED) is 0.722. The fraction of sp³-hybridized carbons (Fsp3) is 0.429. The average molecular weight is 408 g/mol. The Labute approximate surface area is 166 Å². The molecule has 0 radical (unpaired) electrons.